The molecule has 126 valence electrons. The van der Waals surface area contributed by atoms with Crippen molar-refractivity contribution in [2.45, 2.75) is 31.8 Å². The van der Waals surface area contributed by atoms with E-state index < -0.39 is 23.9 Å². The molecule has 0 bridgehead atoms. The molecule has 0 aromatic heterocycles. The molecule has 1 aromatic carbocycles. The Bertz CT molecular complexity index is 685. The van der Waals surface area contributed by atoms with Gasteiger partial charge in [0, 0.05) is 17.2 Å². The fourth-order valence-corrected chi connectivity index (χ4v) is 2.64. The second-order valence-electron chi connectivity index (χ2n) is 5.52. The van der Waals surface area contributed by atoms with E-state index in [9.17, 15) is 24.5 Å². The average Bonchev–Trinajstić information content (AvgIpc) is 2.60. The van der Waals surface area contributed by atoms with Crippen LogP contribution in [0.15, 0.2) is 34.6 Å². The van der Waals surface area contributed by atoms with Crippen molar-refractivity contribution in [1.82, 2.24) is 0 Å². The van der Waals surface area contributed by atoms with Crippen molar-refractivity contribution in [1.29, 1.82) is 0 Å². The number of benzene rings is 1. The molecule has 0 saturated heterocycles. The molecule has 1 aromatic rings. The van der Waals surface area contributed by atoms with Crippen LogP contribution in [0, 0.1) is 15.7 Å². The molecule has 0 aliphatic heterocycles. The molecular weight excluding hydrogens is 316 g/mol. The highest BCUT2D eigenvalue weighted by Crippen LogP contribution is 2.28. The predicted octanol–water partition coefficient (Wildman–Crippen LogP) is 3.20. The fourth-order valence-electron chi connectivity index (χ4n) is 2.64. The van der Waals surface area contributed by atoms with Crippen LogP contribution >= 0.6 is 0 Å². The van der Waals surface area contributed by atoms with Gasteiger partial charge >= 0.3 is 5.97 Å². The number of hydrogen-bond donors (Lipinski definition) is 1. The Morgan fingerprint density at radius 1 is 1.25 bits per heavy atom. The Kier molecular flexibility index (Phi) is 5.89. The predicted molar refractivity (Wildman–Crippen MR) is 85.2 cm³/mol. The van der Waals surface area contributed by atoms with E-state index in [0.717, 1.165) is 0 Å². The SMILES string of the molecule is O=NC(=O)C1CCC[C@H](OC(=O)/C=C/c2ccc(O)c(N=O)c2)C1. The second-order valence-corrected chi connectivity index (χ2v) is 5.52. The summed E-state index contributed by atoms with van der Waals surface area (Å²) < 4.78 is 5.26. The minimum absolute atomic E-state index is 0.125. The summed E-state index contributed by atoms with van der Waals surface area (Å²) in [6, 6.07) is 4.14. The number of hydrogen-bond acceptors (Lipinski definition) is 7. The van der Waals surface area contributed by atoms with Gasteiger partial charge in [-0.2, -0.15) is 0 Å². The molecule has 0 radical (unpaired) electrons. The largest absolute Gasteiger partial charge is 0.506 e. The fraction of sp³-hybridized carbons (Fsp3) is 0.375. The summed E-state index contributed by atoms with van der Waals surface area (Å²) in [7, 11) is 0. The molecule has 8 heteroatoms. The zero-order valence-electron chi connectivity index (χ0n) is 12.8. The Labute approximate surface area is 137 Å². The molecule has 1 fully saturated rings. The molecular formula is C16H16N2O6. The highest BCUT2D eigenvalue weighted by atomic mass is 16.5. The molecule has 2 atom stereocenters. The van der Waals surface area contributed by atoms with Gasteiger partial charge in [0.1, 0.15) is 17.5 Å². The van der Waals surface area contributed by atoms with E-state index in [0.29, 0.717) is 31.2 Å². The third-order valence-electron chi connectivity index (χ3n) is 3.86. The maximum Gasteiger partial charge on any atom is 0.331 e. The number of ether oxygens (including phenoxy) is 1. The van der Waals surface area contributed by atoms with E-state index in [2.05, 4.69) is 10.4 Å². The van der Waals surface area contributed by atoms with E-state index in [1.807, 2.05) is 0 Å². The van der Waals surface area contributed by atoms with Gasteiger partial charge in [0.15, 0.2) is 0 Å². The van der Waals surface area contributed by atoms with Gasteiger partial charge in [-0.15, -0.1) is 9.81 Å². The maximum atomic E-state index is 11.8. The first-order valence-electron chi connectivity index (χ1n) is 7.45. The first-order valence-corrected chi connectivity index (χ1v) is 7.45. The zero-order valence-corrected chi connectivity index (χ0v) is 12.8. The average molecular weight is 332 g/mol. The van der Waals surface area contributed by atoms with Crippen LogP contribution in [0.1, 0.15) is 31.2 Å². The second kappa shape index (κ2) is 8.09. The summed E-state index contributed by atoms with van der Waals surface area (Å²) in [6.07, 6.45) is 4.35. The van der Waals surface area contributed by atoms with Crippen LogP contribution in [-0.2, 0) is 14.3 Å². The zero-order chi connectivity index (χ0) is 17.5. The minimum atomic E-state index is -0.704. The number of amides is 1. The Balaban J connectivity index is 1.94. The van der Waals surface area contributed by atoms with Crippen molar-refractivity contribution in [2.75, 3.05) is 0 Å². The number of carbonyl (C=O) groups is 2. The number of phenols is 1. The van der Waals surface area contributed by atoms with Crippen molar-refractivity contribution >= 4 is 23.6 Å². The lowest BCUT2D eigenvalue weighted by molar-refractivity contribution is -0.146. The van der Waals surface area contributed by atoms with Crippen molar-refractivity contribution in [3.8, 4) is 5.75 Å². The molecule has 8 nitrogen and oxygen atoms in total. The van der Waals surface area contributed by atoms with Crippen molar-refractivity contribution in [3.05, 3.63) is 39.7 Å². The number of esters is 1. The monoisotopic (exact) mass is 332 g/mol. The molecule has 1 N–H and O–H groups in total. The van der Waals surface area contributed by atoms with Crippen molar-refractivity contribution in [2.24, 2.45) is 16.3 Å². The Hall–Kier alpha value is -2.90. The number of nitroso groups, excluding NO2 is 2. The molecule has 1 unspecified atom stereocenters. The van der Waals surface area contributed by atoms with Crippen LogP contribution in [0.4, 0.5) is 5.69 Å². The smallest absolute Gasteiger partial charge is 0.331 e. The highest BCUT2D eigenvalue weighted by molar-refractivity contribution is 5.87. The molecule has 0 spiro atoms. The van der Waals surface area contributed by atoms with Crippen molar-refractivity contribution < 1.29 is 19.4 Å². The van der Waals surface area contributed by atoms with Gasteiger partial charge in [-0.1, -0.05) is 6.07 Å². The lowest BCUT2D eigenvalue weighted by Crippen LogP contribution is -2.28. The van der Waals surface area contributed by atoms with Crippen molar-refractivity contribution in [3.63, 3.8) is 0 Å². The van der Waals surface area contributed by atoms with Gasteiger partial charge in [-0.3, -0.25) is 4.79 Å². The van der Waals surface area contributed by atoms with Crippen LogP contribution in [-0.4, -0.2) is 23.1 Å². The normalized spacial score (nSPS) is 20.5. The Morgan fingerprint density at radius 3 is 2.75 bits per heavy atom. The van der Waals surface area contributed by atoms with Gasteiger partial charge in [-0.25, -0.2) is 4.79 Å². The van der Waals surface area contributed by atoms with Crippen LogP contribution in [0.5, 0.6) is 5.75 Å². The van der Waals surface area contributed by atoms with Crippen LogP contribution in [0.25, 0.3) is 6.08 Å². The number of phenolic OH excluding ortho intramolecular Hbond substituents is 1. The molecule has 1 aliphatic rings. The van der Waals surface area contributed by atoms with Gasteiger partial charge in [-0.05, 0) is 54.6 Å². The molecule has 1 aliphatic carbocycles. The third kappa shape index (κ3) is 4.55. The molecule has 24 heavy (non-hydrogen) atoms. The Morgan fingerprint density at radius 2 is 2.04 bits per heavy atom. The lowest BCUT2D eigenvalue weighted by Gasteiger charge is -2.25. The van der Waals surface area contributed by atoms with Gasteiger partial charge in [0.25, 0.3) is 5.91 Å². The lowest BCUT2D eigenvalue weighted by atomic mass is 9.87. The summed E-state index contributed by atoms with van der Waals surface area (Å²) in [5.74, 6) is -2.03. The van der Waals surface area contributed by atoms with E-state index in [-0.39, 0.29) is 11.4 Å². The summed E-state index contributed by atoms with van der Waals surface area (Å²) in [6.45, 7) is 0. The molecule has 1 amide bonds. The first kappa shape index (κ1) is 17.5. The van der Waals surface area contributed by atoms with E-state index in [1.165, 1.54) is 30.4 Å². The van der Waals surface area contributed by atoms with Gasteiger partial charge in [0.05, 0.1) is 0 Å². The van der Waals surface area contributed by atoms with Gasteiger partial charge in [0.2, 0.25) is 0 Å². The quantitative estimate of drug-likeness (QED) is 0.502. The summed E-state index contributed by atoms with van der Waals surface area (Å²) in [5.41, 5.74) is 0.377. The third-order valence-corrected chi connectivity index (χ3v) is 3.86. The van der Waals surface area contributed by atoms with Crippen LogP contribution < -0.4 is 0 Å². The molecule has 2 rings (SSSR count). The van der Waals surface area contributed by atoms with Crippen LogP contribution in [0.3, 0.4) is 0 Å². The van der Waals surface area contributed by atoms with E-state index >= 15 is 0 Å². The number of carbonyl (C=O) groups excluding carboxylic acids is 2. The minimum Gasteiger partial charge on any atom is -0.506 e. The number of aromatic hydroxyl groups is 1. The first-order chi connectivity index (χ1) is 11.5. The van der Waals surface area contributed by atoms with E-state index in [4.69, 9.17) is 4.74 Å². The number of nitrogens with zero attached hydrogens (tertiary/aromatic N) is 2. The summed E-state index contributed by atoms with van der Waals surface area (Å²) >= 11 is 0. The number of rotatable bonds is 5. The maximum absolute atomic E-state index is 11.8. The standard InChI is InChI=1S/C16H16N2O6/c19-14-6-4-10(8-13(14)17-22)5-7-15(20)24-12-3-1-2-11(9-12)16(21)18-23/h4-8,11-12,19H,1-3,9H2/b7-5+/t11?,12-/m0/s1. The van der Waals surface area contributed by atoms with Crippen LogP contribution in [0.2, 0.25) is 0 Å². The highest BCUT2D eigenvalue weighted by Gasteiger charge is 2.29. The summed E-state index contributed by atoms with van der Waals surface area (Å²) in [4.78, 5) is 44.0. The summed E-state index contributed by atoms with van der Waals surface area (Å²) in [5, 5.41) is 14.4. The topological polar surface area (TPSA) is 122 Å². The van der Waals surface area contributed by atoms with Gasteiger partial charge < -0.3 is 9.84 Å². The molecule has 0 heterocycles. The molecule has 1 saturated carbocycles. The van der Waals surface area contributed by atoms with E-state index in [1.54, 1.807) is 0 Å².